The van der Waals surface area contributed by atoms with Crippen LogP contribution in [0.25, 0.3) is 21.9 Å². The molecule has 7 nitrogen and oxygen atoms in total. The van der Waals surface area contributed by atoms with Crippen molar-refractivity contribution in [3.05, 3.63) is 59.2 Å². The second-order valence-corrected chi connectivity index (χ2v) is 8.31. The number of aliphatic hydroxyl groups is 1. The van der Waals surface area contributed by atoms with Gasteiger partial charge in [-0.05, 0) is 37.3 Å². The van der Waals surface area contributed by atoms with E-state index in [1.54, 1.807) is 13.0 Å². The van der Waals surface area contributed by atoms with E-state index in [0.717, 1.165) is 16.3 Å². The highest BCUT2D eigenvalue weighted by molar-refractivity contribution is 6.33. The summed E-state index contributed by atoms with van der Waals surface area (Å²) < 4.78 is 13.9. The predicted molar refractivity (Wildman–Crippen MR) is 114 cm³/mol. The van der Waals surface area contributed by atoms with Gasteiger partial charge in [0, 0.05) is 24.1 Å². The van der Waals surface area contributed by atoms with Crippen LogP contribution in [0.2, 0.25) is 10.3 Å². The lowest BCUT2D eigenvalue weighted by atomic mass is 9.98. The maximum Gasteiger partial charge on any atom is 0.146 e. The lowest BCUT2D eigenvalue weighted by molar-refractivity contribution is -0.0690. The molecule has 0 spiro atoms. The minimum atomic E-state index is -1.07. The third-order valence-corrected chi connectivity index (χ3v) is 5.92. The van der Waals surface area contributed by atoms with Crippen LogP contribution in [0.3, 0.4) is 0 Å². The van der Waals surface area contributed by atoms with Gasteiger partial charge in [0.05, 0.1) is 16.5 Å². The van der Waals surface area contributed by atoms with E-state index >= 15 is 0 Å². The van der Waals surface area contributed by atoms with Gasteiger partial charge in [0.15, 0.2) is 0 Å². The summed E-state index contributed by atoms with van der Waals surface area (Å²) in [6, 6.07) is 11.1. The van der Waals surface area contributed by atoms with E-state index in [9.17, 15) is 5.11 Å². The first-order valence-corrected chi connectivity index (χ1v) is 10.2. The molecule has 0 saturated carbocycles. The largest absolute Gasteiger partial charge is 0.491 e. The number of halogens is 2. The Morgan fingerprint density at radius 3 is 2.93 bits per heavy atom. The number of ether oxygens (including phenoxy) is 2. The van der Waals surface area contributed by atoms with E-state index in [4.69, 9.17) is 32.7 Å². The van der Waals surface area contributed by atoms with Crippen LogP contribution in [0, 0.1) is 0 Å². The molecule has 0 unspecified atom stereocenters. The number of hydrogen-bond acceptors (Lipinski definition) is 6. The van der Waals surface area contributed by atoms with Gasteiger partial charge in [0.25, 0.3) is 0 Å². The molecule has 1 N–H and O–H groups in total. The fourth-order valence-electron chi connectivity index (χ4n) is 3.76. The SMILES string of the molecule is C[C@]1(O)C[C@H](n2ccc3c(Cl)ncnc32)O[C@@H]1COc1ccc2ccc(Cl)nc2c1. The molecule has 0 bridgehead atoms. The second kappa shape index (κ2) is 7.35. The highest BCUT2D eigenvalue weighted by Gasteiger charge is 2.45. The predicted octanol–water partition coefficient (Wildman–Crippen LogP) is 4.40. The van der Waals surface area contributed by atoms with Crippen LogP contribution in [0.4, 0.5) is 0 Å². The Morgan fingerprint density at radius 2 is 2.07 bits per heavy atom. The first kappa shape index (κ1) is 19.5. The lowest BCUT2D eigenvalue weighted by Gasteiger charge is -2.23. The van der Waals surface area contributed by atoms with Crippen LogP contribution in [-0.4, -0.2) is 42.9 Å². The monoisotopic (exact) mass is 444 g/mol. The molecule has 5 rings (SSSR count). The number of nitrogens with zero attached hydrogens (tertiary/aromatic N) is 4. The van der Waals surface area contributed by atoms with Gasteiger partial charge in [-0.25, -0.2) is 15.0 Å². The molecule has 1 fully saturated rings. The quantitative estimate of drug-likeness (QED) is 0.370. The van der Waals surface area contributed by atoms with Crippen molar-refractivity contribution in [3.63, 3.8) is 0 Å². The fraction of sp³-hybridized carbons (Fsp3) is 0.286. The van der Waals surface area contributed by atoms with Crippen molar-refractivity contribution in [2.45, 2.75) is 31.3 Å². The molecule has 1 aromatic carbocycles. The Bertz CT molecular complexity index is 1240. The zero-order valence-electron chi connectivity index (χ0n) is 16.0. The molecule has 3 atom stereocenters. The number of fused-ring (bicyclic) bond motifs is 2. The molecular formula is C21H18Cl2N4O3. The third-order valence-electron chi connectivity index (χ3n) is 5.40. The Labute approximate surface area is 182 Å². The summed E-state index contributed by atoms with van der Waals surface area (Å²) in [6.45, 7) is 1.93. The van der Waals surface area contributed by atoms with Crippen LogP contribution >= 0.6 is 23.2 Å². The number of pyridine rings is 1. The molecule has 30 heavy (non-hydrogen) atoms. The summed E-state index contributed by atoms with van der Waals surface area (Å²) in [5, 5.41) is 13.4. The first-order valence-electron chi connectivity index (χ1n) is 9.45. The second-order valence-electron chi connectivity index (χ2n) is 7.56. The van der Waals surface area contributed by atoms with Crippen molar-refractivity contribution in [1.82, 2.24) is 19.5 Å². The van der Waals surface area contributed by atoms with Gasteiger partial charge in [0.1, 0.15) is 47.0 Å². The van der Waals surface area contributed by atoms with Crippen LogP contribution in [0.15, 0.2) is 48.9 Å². The molecule has 0 amide bonds. The van der Waals surface area contributed by atoms with Crippen molar-refractivity contribution >= 4 is 45.1 Å². The van der Waals surface area contributed by atoms with Crippen molar-refractivity contribution in [2.75, 3.05) is 6.61 Å². The average molecular weight is 445 g/mol. The first-order chi connectivity index (χ1) is 14.4. The van der Waals surface area contributed by atoms with E-state index in [-0.39, 0.29) is 6.61 Å². The summed E-state index contributed by atoms with van der Waals surface area (Å²) in [7, 11) is 0. The van der Waals surface area contributed by atoms with E-state index < -0.39 is 17.9 Å². The van der Waals surface area contributed by atoms with Gasteiger partial charge in [-0.1, -0.05) is 23.2 Å². The van der Waals surface area contributed by atoms with E-state index in [1.807, 2.05) is 41.1 Å². The highest BCUT2D eigenvalue weighted by Crippen LogP contribution is 2.38. The van der Waals surface area contributed by atoms with Crippen molar-refractivity contribution in [3.8, 4) is 5.75 Å². The molecule has 1 aliphatic heterocycles. The third kappa shape index (κ3) is 3.48. The Kier molecular flexibility index (Phi) is 4.78. The summed E-state index contributed by atoms with van der Waals surface area (Å²) in [5.41, 5.74) is 0.332. The molecule has 154 valence electrons. The van der Waals surface area contributed by atoms with Crippen molar-refractivity contribution < 1.29 is 14.6 Å². The minimum absolute atomic E-state index is 0.185. The Balaban J connectivity index is 1.34. The van der Waals surface area contributed by atoms with Crippen LogP contribution < -0.4 is 4.74 Å². The zero-order chi connectivity index (χ0) is 20.9. The molecular weight excluding hydrogens is 427 g/mol. The standard InChI is InChI=1S/C21H18Cl2N4O3/c1-21(28)9-18(27-7-6-14-19(23)24-11-25-20(14)27)30-16(21)10-29-13-4-2-12-3-5-17(22)26-15(12)8-13/h2-8,11,16,18,28H,9-10H2,1H3/t16-,18-,21+/m1/s1. The van der Waals surface area contributed by atoms with Crippen molar-refractivity contribution in [2.24, 2.45) is 0 Å². The normalized spacial score (nSPS) is 24.0. The van der Waals surface area contributed by atoms with Crippen LogP contribution in [0.5, 0.6) is 5.75 Å². The van der Waals surface area contributed by atoms with E-state index in [1.165, 1.54) is 6.33 Å². The fourth-order valence-corrected chi connectivity index (χ4v) is 4.10. The summed E-state index contributed by atoms with van der Waals surface area (Å²) in [4.78, 5) is 12.6. The van der Waals surface area contributed by atoms with Crippen LogP contribution in [-0.2, 0) is 4.74 Å². The molecule has 3 aromatic heterocycles. The summed E-state index contributed by atoms with van der Waals surface area (Å²) in [6.07, 6.45) is 2.72. The van der Waals surface area contributed by atoms with Gasteiger partial charge in [0.2, 0.25) is 0 Å². The Morgan fingerprint density at radius 1 is 1.23 bits per heavy atom. The zero-order valence-corrected chi connectivity index (χ0v) is 17.5. The number of aromatic nitrogens is 4. The molecule has 9 heteroatoms. The van der Waals surface area contributed by atoms with Gasteiger partial charge in [-0.15, -0.1) is 0 Å². The number of benzene rings is 1. The molecule has 4 heterocycles. The molecule has 4 aromatic rings. The summed E-state index contributed by atoms with van der Waals surface area (Å²) >= 11 is 12.1. The summed E-state index contributed by atoms with van der Waals surface area (Å²) in [5.74, 6) is 0.631. The maximum absolute atomic E-state index is 10.9. The van der Waals surface area contributed by atoms with E-state index in [0.29, 0.717) is 28.1 Å². The average Bonchev–Trinajstić information content (AvgIpc) is 3.27. The van der Waals surface area contributed by atoms with Gasteiger partial charge < -0.3 is 19.1 Å². The molecule has 1 saturated heterocycles. The molecule has 0 aliphatic carbocycles. The van der Waals surface area contributed by atoms with Crippen LogP contribution in [0.1, 0.15) is 19.6 Å². The lowest BCUT2D eigenvalue weighted by Crippen LogP contribution is -2.38. The number of rotatable bonds is 4. The minimum Gasteiger partial charge on any atom is -0.491 e. The smallest absolute Gasteiger partial charge is 0.146 e. The maximum atomic E-state index is 10.9. The molecule has 1 aliphatic rings. The van der Waals surface area contributed by atoms with E-state index in [2.05, 4.69) is 15.0 Å². The van der Waals surface area contributed by atoms with Gasteiger partial charge >= 0.3 is 0 Å². The topological polar surface area (TPSA) is 82.3 Å². The van der Waals surface area contributed by atoms with Gasteiger partial charge in [-0.2, -0.15) is 0 Å². The Hall–Kier alpha value is -2.45. The van der Waals surface area contributed by atoms with Crippen molar-refractivity contribution in [1.29, 1.82) is 0 Å². The molecule has 0 radical (unpaired) electrons. The number of hydrogen-bond donors (Lipinski definition) is 1. The van der Waals surface area contributed by atoms with Gasteiger partial charge in [-0.3, -0.25) is 0 Å². The highest BCUT2D eigenvalue weighted by atomic mass is 35.5.